The van der Waals surface area contributed by atoms with E-state index in [1.54, 1.807) is 6.07 Å². The summed E-state index contributed by atoms with van der Waals surface area (Å²) in [4.78, 5) is 10.5. The van der Waals surface area contributed by atoms with Crippen LogP contribution in [-0.2, 0) is 0 Å². The fourth-order valence-electron chi connectivity index (χ4n) is 1.24. The highest BCUT2D eigenvalue weighted by Crippen LogP contribution is 2.27. The lowest BCUT2D eigenvalue weighted by Crippen LogP contribution is -1.97. The third-order valence-corrected chi connectivity index (χ3v) is 2.06. The van der Waals surface area contributed by atoms with Gasteiger partial charge >= 0.3 is 5.97 Å². The summed E-state index contributed by atoms with van der Waals surface area (Å²) in [6.07, 6.45) is 0. The second-order valence-electron chi connectivity index (χ2n) is 3.04. The zero-order valence-corrected chi connectivity index (χ0v) is 6.82. The molecule has 1 aromatic carbocycles. The van der Waals surface area contributed by atoms with Crippen LogP contribution in [0.5, 0.6) is 5.75 Å². The number of aromatic hydroxyl groups is 1. The van der Waals surface area contributed by atoms with Gasteiger partial charge in [-0.05, 0) is 17.7 Å². The number of benzene rings is 1. The molecule has 0 aliphatic carbocycles. The quantitative estimate of drug-likeness (QED) is 0.585. The topological polar surface area (TPSA) is 79.5 Å². The van der Waals surface area contributed by atoms with Gasteiger partial charge in [-0.3, -0.25) is 0 Å². The Hall–Kier alpha value is -1.55. The van der Waals surface area contributed by atoms with Crippen LogP contribution in [0, 0.1) is 0 Å². The summed E-state index contributed by atoms with van der Waals surface area (Å²) in [7, 11) is 0. The second kappa shape index (κ2) is 2.74. The van der Waals surface area contributed by atoms with Crippen molar-refractivity contribution in [2.75, 3.05) is 6.54 Å². The minimum atomic E-state index is -1.10. The summed E-state index contributed by atoms with van der Waals surface area (Å²) in [5, 5.41) is 21.0. The minimum absolute atomic E-state index is 0.0515. The van der Waals surface area contributed by atoms with Gasteiger partial charge in [-0.1, -0.05) is 6.07 Å². The van der Waals surface area contributed by atoms with Gasteiger partial charge in [-0.2, -0.15) is 0 Å². The molecule has 13 heavy (non-hydrogen) atoms. The molecule has 1 aliphatic heterocycles. The van der Waals surface area contributed by atoms with E-state index >= 15 is 0 Å². The third-order valence-electron chi connectivity index (χ3n) is 2.06. The first-order valence-electron chi connectivity index (χ1n) is 3.98. The molecule has 4 heteroatoms. The van der Waals surface area contributed by atoms with E-state index in [9.17, 15) is 9.90 Å². The van der Waals surface area contributed by atoms with Crippen LogP contribution >= 0.6 is 0 Å². The van der Waals surface area contributed by atoms with Gasteiger partial charge in [0, 0.05) is 12.6 Å². The van der Waals surface area contributed by atoms with Crippen molar-refractivity contribution in [3.63, 3.8) is 0 Å². The Balaban J connectivity index is 2.36. The Kier molecular flexibility index (Phi) is 1.70. The van der Waals surface area contributed by atoms with Crippen molar-refractivity contribution in [2.24, 2.45) is 0 Å². The fourth-order valence-corrected chi connectivity index (χ4v) is 1.24. The van der Waals surface area contributed by atoms with Crippen LogP contribution in [0.4, 0.5) is 0 Å². The lowest BCUT2D eigenvalue weighted by Gasteiger charge is -2.01. The van der Waals surface area contributed by atoms with E-state index < -0.39 is 5.97 Å². The highest BCUT2D eigenvalue weighted by molar-refractivity contribution is 5.90. The Labute approximate surface area is 74.8 Å². The zero-order chi connectivity index (χ0) is 9.42. The van der Waals surface area contributed by atoms with Gasteiger partial charge in [0.15, 0.2) is 0 Å². The maximum atomic E-state index is 10.5. The third kappa shape index (κ3) is 1.48. The number of rotatable bonds is 2. The summed E-state index contributed by atoms with van der Waals surface area (Å²) >= 11 is 0. The van der Waals surface area contributed by atoms with Crippen molar-refractivity contribution in [3.05, 3.63) is 29.3 Å². The maximum Gasteiger partial charge on any atom is 0.339 e. The van der Waals surface area contributed by atoms with E-state index in [0.29, 0.717) is 0 Å². The number of hydrogen-bond donors (Lipinski definition) is 3. The Morgan fingerprint density at radius 3 is 2.69 bits per heavy atom. The van der Waals surface area contributed by atoms with Crippen LogP contribution < -0.4 is 5.32 Å². The molecule has 2 rings (SSSR count). The fraction of sp³-hybridized carbons (Fsp3) is 0.222. The molecule has 0 bridgehead atoms. The summed E-state index contributed by atoms with van der Waals surface area (Å²) in [6, 6.07) is 4.92. The molecule has 68 valence electrons. The van der Waals surface area contributed by atoms with Crippen molar-refractivity contribution < 1.29 is 15.0 Å². The van der Waals surface area contributed by atoms with Gasteiger partial charge in [0.2, 0.25) is 0 Å². The van der Waals surface area contributed by atoms with E-state index in [4.69, 9.17) is 5.11 Å². The number of aromatic carboxylic acids is 1. The Morgan fingerprint density at radius 1 is 1.54 bits per heavy atom. The average molecular weight is 179 g/mol. The highest BCUT2D eigenvalue weighted by atomic mass is 16.4. The molecule has 1 aliphatic rings. The molecule has 4 nitrogen and oxygen atoms in total. The smallest absolute Gasteiger partial charge is 0.339 e. The van der Waals surface area contributed by atoms with Crippen molar-refractivity contribution >= 4 is 5.97 Å². The molecule has 0 spiro atoms. The lowest BCUT2D eigenvalue weighted by molar-refractivity contribution is 0.0693. The standard InChI is InChI=1S/C9H9NO3/c11-8-3-5(7-4-10-7)1-2-6(8)9(12)13/h1-3,7,10-11H,4H2,(H,12,13). The van der Waals surface area contributed by atoms with Crippen molar-refractivity contribution in [2.45, 2.75) is 6.04 Å². The van der Waals surface area contributed by atoms with E-state index in [-0.39, 0.29) is 17.4 Å². The van der Waals surface area contributed by atoms with Gasteiger partial charge in [0.25, 0.3) is 0 Å². The summed E-state index contributed by atoms with van der Waals surface area (Å²) in [5.41, 5.74) is 0.881. The Bertz CT molecular complexity index is 358. The van der Waals surface area contributed by atoms with Crippen molar-refractivity contribution in [1.29, 1.82) is 0 Å². The van der Waals surface area contributed by atoms with Crippen LogP contribution in [-0.4, -0.2) is 22.7 Å². The van der Waals surface area contributed by atoms with E-state index in [2.05, 4.69) is 5.32 Å². The van der Waals surface area contributed by atoms with Gasteiger partial charge < -0.3 is 15.5 Å². The molecule has 1 heterocycles. The van der Waals surface area contributed by atoms with E-state index in [0.717, 1.165) is 12.1 Å². The van der Waals surface area contributed by atoms with Crippen LogP contribution in [0.3, 0.4) is 0 Å². The number of hydrogen-bond acceptors (Lipinski definition) is 3. The molecule has 0 saturated carbocycles. The zero-order valence-electron chi connectivity index (χ0n) is 6.82. The summed E-state index contributed by atoms with van der Waals surface area (Å²) in [5.74, 6) is -1.27. The normalized spacial score (nSPS) is 19.8. The van der Waals surface area contributed by atoms with Gasteiger partial charge in [0.1, 0.15) is 11.3 Å². The predicted molar refractivity (Wildman–Crippen MR) is 45.8 cm³/mol. The number of carboxylic acid groups (broad SMARTS) is 1. The number of carbonyl (C=O) groups is 1. The summed E-state index contributed by atoms with van der Waals surface area (Å²) in [6.45, 7) is 0.895. The monoisotopic (exact) mass is 179 g/mol. The van der Waals surface area contributed by atoms with Crippen LogP contribution in [0.2, 0.25) is 0 Å². The first-order valence-corrected chi connectivity index (χ1v) is 3.98. The van der Waals surface area contributed by atoms with Crippen LogP contribution in [0.25, 0.3) is 0 Å². The molecule has 3 N–H and O–H groups in total. The van der Waals surface area contributed by atoms with E-state index in [1.807, 2.05) is 0 Å². The maximum absolute atomic E-state index is 10.5. The van der Waals surface area contributed by atoms with Crippen molar-refractivity contribution in [1.82, 2.24) is 5.32 Å². The number of phenols is 1. The van der Waals surface area contributed by atoms with Crippen LogP contribution in [0.1, 0.15) is 22.0 Å². The number of nitrogens with one attached hydrogen (secondary N) is 1. The first-order chi connectivity index (χ1) is 6.18. The SMILES string of the molecule is O=C(O)c1ccc(C2CN2)cc1O. The van der Waals surface area contributed by atoms with Crippen LogP contribution in [0.15, 0.2) is 18.2 Å². The predicted octanol–water partition coefficient (Wildman–Crippen LogP) is 0.735. The van der Waals surface area contributed by atoms with Crippen molar-refractivity contribution in [3.8, 4) is 5.75 Å². The molecule has 1 fully saturated rings. The molecular formula is C9H9NO3. The molecule has 1 aromatic rings. The lowest BCUT2D eigenvalue weighted by atomic mass is 10.1. The highest BCUT2D eigenvalue weighted by Gasteiger charge is 2.23. The Morgan fingerprint density at radius 2 is 2.23 bits per heavy atom. The second-order valence-corrected chi connectivity index (χ2v) is 3.04. The molecule has 0 aromatic heterocycles. The average Bonchev–Trinajstić information content (AvgIpc) is 2.85. The van der Waals surface area contributed by atoms with Gasteiger partial charge in [0.05, 0.1) is 0 Å². The largest absolute Gasteiger partial charge is 0.507 e. The molecule has 0 amide bonds. The molecule has 0 radical (unpaired) electrons. The molecular weight excluding hydrogens is 170 g/mol. The number of carboxylic acids is 1. The molecule has 1 saturated heterocycles. The van der Waals surface area contributed by atoms with Gasteiger partial charge in [-0.15, -0.1) is 0 Å². The summed E-state index contributed by atoms with van der Waals surface area (Å²) < 4.78 is 0. The first kappa shape index (κ1) is 8.07. The van der Waals surface area contributed by atoms with Gasteiger partial charge in [-0.25, -0.2) is 4.79 Å². The van der Waals surface area contributed by atoms with E-state index in [1.165, 1.54) is 12.1 Å². The molecule has 1 atom stereocenters. The minimum Gasteiger partial charge on any atom is -0.507 e. The molecule has 1 unspecified atom stereocenters.